The molecule has 3 aromatic rings. The van der Waals surface area contributed by atoms with E-state index in [1.54, 1.807) is 0 Å². The first-order valence-corrected chi connectivity index (χ1v) is 14.3. The van der Waals surface area contributed by atoms with Crippen LogP contribution < -0.4 is 15.6 Å². The third-order valence-electron chi connectivity index (χ3n) is 6.63. The molecule has 0 aliphatic carbocycles. The van der Waals surface area contributed by atoms with Gasteiger partial charge in [0, 0.05) is 36.0 Å². The molecule has 0 saturated carbocycles. The minimum Gasteiger partial charge on any atom is -0.494 e. The average molecular weight is 595 g/mol. The van der Waals surface area contributed by atoms with Crippen LogP contribution in [-0.4, -0.2) is 42.2 Å². The minimum absolute atomic E-state index is 0.0825. The van der Waals surface area contributed by atoms with Crippen molar-refractivity contribution in [1.82, 2.24) is 10.9 Å². The third-order valence-corrected chi connectivity index (χ3v) is 7.16. The molecule has 2 atom stereocenters. The maximum absolute atomic E-state index is 14.0. The van der Waals surface area contributed by atoms with E-state index in [-0.39, 0.29) is 12.5 Å². The van der Waals surface area contributed by atoms with Crippen molar-refractivity contribution in [3.8, 4) is 5.75 Å². The molecular weight excluding hydrogens is 558 g/mol. The van der Waals surface area contributed by atoms with Crippen LogP contribution in [0.15, 0.2) is 88.3 Å². The van der Waals surface area contributed by atoms with Gasteiger partial charge in [0.25, 0.3) is 5.91 Å². The second-order valence-corrected chi connectivity index (χ2v) is 10.5. The highest BCUT2D eigenvalue weighted by molar-refractivity contribution is 9.10. The maximum atomic E-state index is 14.0. The van der Waals surface area contributed by atoms with Crippen molar-refractivity contribution in [1.29, 1.82) is 0 Å². The van der Waals surface area contributed by atoms with Crippen LogP contribution in [0.5, 0.6) is 5.75 Å². The van der Waals surface area contributed by atoms with Crippen LogP contribution in [0.2, 0.25) is 0 Å². The van der Waals surface area contributed by atoms with Crippen LogP contribution >= 0.6 is 15.9 Å². The zero-order chi connectivity index (χ0) is 27.5. The van der Waals surface area contributed by atoms with Crippen LogP contribution in [0.1, 0.15) is 55.4 Å². The smallest absolute Gasteiger partial charge is 0.266 e. The average Bonchev–Trinajstić information content (AvgIpc) is 3.34. The molecule has 0 spiro atoms. The lowest BCUT2D eigenvalue weighted by Crippen LogP contribution is -2.54. The summed E-state index contributed by atoms with van der Waals surface area (Å²) in [6, 6.07) is 25.2. The molecule has 8 heteroatoms. The van der Waals surface area contributed by atoms with Gasteiger partial charge in [0.2, 0.25) is 5.90 Å². The van der Waals surface area contributed by atoms with Gasteiger partial charge >= 0.3 is 0 Å². The second-order valence-electron chi connectivity index (χ2n) is 9.59. The number of nitrogens with zero attached hydrogens (tertiary/aromatic N) is 1. The number of halogens is 1. The fraction of sp³-hybridized carbons (Fsp3) is 0.355. The second kappa shape index (κ2) is 14.3. The molecule has 0 aromatic heterocycles. The number of carbonyl (C=O) groups is 1. The maximum Gasteiger partial charge on any atom is 0.266 e. The van der Waals surface area contributed by atoms with Crippen LogP contribution in [0.3, 0.4) is 0 Å². The molecule has 206 valence electrons. The highest BCUT2D eigenvalue weighted by Crippen LogP contribution is 2.42. The van der Waals surface area contributed by atoms with E-state index in [0.717, 1.165) is 40.4 Å². The molecule has 4 rings (SSSR count). The normalized spacial score (nSPS) is 18.3. The van der Waals surface area contributed by atoms with Gasteiger partial charge in [0.05, 0.1) is 6.61 Å². The van der Waals surface area contributed by atoms with Gasteiger partial charge < -0.3 is 14.6 Å². The summed E-state index contributed by atoms with van der Waals surface area (Å²) in [6.45, 7) is 3.35. The van der Waals surface area contributed by atoms with Gasteiger partial charge in [-0.25, -0.2) is 10.4 Å². The van der Waals surface area contributed by atoms with Gasteiger partial charge in [0.1, 0.15) is 5.75 Å². The van der Waals surface area contributed by atoms with Gasteiger partial charge in [-0.05, 0) is 53.9 Å². The highest BCUT2D eigenvalue weighted by Gasteiger charge is 2.53. The number of hydrogen-bond donors (Lipinski definition) is 3. The summed E-state index contributed by atoms with van der Waals surface area (Å²) in [4.78, 5) is 19.1. The van der Waals surface area contributed by atoms with Crippen molar-refractivity contribution < 1.29 is 19.4 Å². The predicted octanol–water partition coefficient (Wildman–Crippen LogP) is 5.52. The fourth-order valence-electron chi connectivity index (χ4n) is 4.54. The number of rotatable bonds is 14. The van der Waals surface area contributed by atoms with Crippen molar-refractivity contribution in [2.24, 2.45) is 4.99 Å². The van der Waals surface area contributed by atoms with Gasteiger partial charge in [-0.2, -0.15) is 0 Å². The Morgan fingerprint density at radius 1 is 1.03 bits per heavy atom. The lowest BCUT2D eigenvalue weighted by molar-refractivity contribution is -0.130. The number of benzene rings is 3. The third kappa shape index (κ3) is 7.47. The Kier molecular flexibility index (Phi) is 10.5. The van der Waals surface area contributed by atoms with E-state index in [9.17, 15) is 4.79 Å². The predicted molar refractivity (Wildman–Crippen MR) is 157 cm³/mol. The van der Waals surface area contributed by atoms with Gasteiger partial charge in [-0.3, -0.25) is 10.2 Å². The number of aliphatic hydroxyl groups excluding tert-OH is 1. The lowest BCUT2D eigenvalue weighted by Gasteiger charge is -2.31. The summed E-state index contributed by atoms with van der Waals surface area (Å²) < 4.78 is 13.2. The molecule has 39 heavy (non-hydrogen) atoms. The quantitative estimate of drug-likeness (QED) is 0.169. The topological polar surface area (TPSA) is 92.2 Å². The molecule has 0 radical (unpaired) electrons. The molecule has 0 saturated heterocycles. The SMILES string of the molecule is CCCCCNNC(=O)[C@@]1(Cc2ccccc2)N=C(c2ccc(OCCCO)cc2)O[C@H]1c1ccc(Br)cc1. The Balaban J connectivity index is 1.70. The first-order chi connectivity index (χ1) is 19.1. The molecule has 1 aliphatic heterocycles. The number of hydrazine groups is 1. The Bertz CT molecular complexity index is 1220. The standard InChI is InChI=1S/C31H36BrN3O4/c1-2-3-7-19-33-35-30(37)31(22-23-9-5-4-6-10-23)28(24-11-15-26(32)16-12-24)39-29(34-31)25-13-17-27(18-14-25)38-21-8-20-36/h4-6,9-18,28,33,36H,2-3,7-8,19-22H2,1H3,(H,35,37)/t28-,31-/m0/s1. The van der Waals surface area contributed by atoms with E-state index in [0.29, 0.717) is 37.6 Å². The van der Waals surface area contributed by atoms with Crippen LogP contribution in [0.25, 0.3) is 0 Å². The zero-order valence-corrected chi connectivity index (χ0v) is 23.8. The van der Waals surface area contributed by atoms with E-state index in [1.807, 2.05) is 78.9 Å². The molecule has 1 amide bonds. The summed E-state index contributed by atoms with van der Waals surface area (Å²) in [6.07, 6.45) is 3.45. The number of nitrogens with one attached hydrogen (secondary N) is 2. The summed E-state index contributed by atoms with van der Waals surface area (Å²) in [5.74, 6) is 0.858. The summed E-state index contributed by atoms with van der Waals surface area (Å²) in [7, 11) is 0. The van der Waals surface area contributed by atoms with Gasteiger partial charge in [0.15, 0.2) is 11.6 Å². The fourth-order valence-corrected chi connectivity index (χ4v) is 4.81. The Morgan fingerprint density at radius 2 is 1.77 bits per heavy atom. The highest BCUT2D eigenvalue weighted by atomic mass is 79.9. The Hall–Kier alpha value is -3.20. The van der Waals surface area contributed by atoms with E-state index in [4.69, 9.17) is 19.6 Å². The monoisotopic (exact) mass is 593 g/mol. The molecule has 3 aromatic carbocycles. The molecule has 0 unspecified atom stereocenters. The molecule has 0 fully saturated rings. The summed E-state index contributed by atoms with van der Waals surface area (Å²) >= 11 is 3.51. The summed E-state index contributed by atoms with van der Waals surface area (Å²) in [5.41, 5.74) is 7.41. The Morgan fingerprint density at radius 3 is 2.46 bits per heavy atom. The molecular formula is C31H36BrN3O4. The molecule has 3 N–H and O–H groups in total. The van der Waals surface area contributed by atoms with Crippen molar-refractivity contribution in [2.75, 3.05) is 19.8 Å². The molecule has 0 bridgehead atoms. The van der Waals surface area contributed by atoms with E-state index < -0.39 is 11.6 Å². The van der Waals surface area contributed by atoms with Crippen LogP contribution in [0.4, 0.5) is 0 Å². The molecule has 1 heterocycles. The summed E-state index contributed by atoms with van der Waals surface area (Å²) in [5, 5.41) is 9.01. The first kappa shape index (κ1) is 28.8. The number of aliphatic hydroxyl groups is 1. The van der Waals surface area contributed by atoms with Crippen molar-refractivity contribution >= 4 is 27.7 Å². The van der Waals surface area contributed by atoms with Crippen molar-refractivity contribution in [2.45, 2.75) is 50.7 Å². The van der Waals surface area contributed by atoms with Crippen LogP contribution in [-0.2, 0) is 16.0 Å². The zero-order valence-electron chi connectivity index (χ0n) is 22.2. The minimum atomic E-state index is -1.24. The first-order valence-electron chi connectivity index (χ1n) is 13.5. The van der Waals surface area contributed by atoms with E-state index >= 15 is 0 Å². The van der Waals surface area contributed by atoms with Gasteiger partial charge in [-0.15, -0.1) is 0 Å². The number of hydrogen-bond acceptors (Lipinski definition) is 6. The van der Waals surface area contributed by atoms with Crippen LogP contribution in [0, 0.1) is 0 Å². The molecule has 1 aliphatic rings. The number of ether oxygens (including phenoxy) is 2. The van der Waals surface area contributed by atoms with Gasteiger partial charge in [-0.1, -0.05) is 78.2 Å². The number of unbranched alkanes of at least 4 members (excludes halogenated alkanes) is 2. The van der Waals surface area contributed by atoms with E-state index in [1.165, 1.54) is 0 Å². The number of aliphatic imine (C=N–C) groups is 1. The number of carbonyl (C=O) groups excluding carboxylic acids is 1. The van der Waals surface area contributed by atoms with Crippen molar-refractivity contribution in [3.63, 3.8) is 0 Å². The largest absolute Gasteiger partial charge is 0.494 e. The van der Waals surface area contributed by atoms with Crippen molar-refractivity contribution in [3.05, 3.63) is 100 Å². The lowest BCUT2D eigenvalue weighted by atomic mass is 9.82. The number of amides is 1. The molecule has 7 nitrogen and oxygen atoms in total. The Labute approximate surface area is 238 Å². The van der Waals surface area contributed by atoms with E-state index in [2.05, 4.69) is 33.7 Å².